The fourth-order valence-electron chi connectivity index (χ4n) is 4.06. The Kier molecular flexibility index (Phi) is 5.76. The molecule has 0 spiro atoms. The van der Waals surface area contributed by atoms with E-state index in [-0.39, 0.29) is 0 Å². The first kappa shape index (κ1) is 18.6. The molecular formula is C19H30N4O3. The van der Waals surface area contributed by atoms with Gasteiger partial charge in [-0.15, -0.1) is 0 Å². The molecule has 144 valence electrons. The minimum absolute atomic E-state index is 0.624. The van der Waals surface area contributed by atoms with Gasteiger partial charge in [-0.2, -0.15) is 0 Å². The van der Waals surface area contributed by atoms with Crippen molar-refractivity contribution in [1.29, 1.82) is 0 Å². The van der Waals surface area contributed by atoms with E-state index >= 15 is 0 Å². The van der Waals surface area contributed by atoms with E-state index in [4.69, 9.17) is 15.6 Å². The number of hydrogen-bond donors (Lipinski definition) is 2. The third-order valence-electron chi connectivity index (χ3n) is 5.66. The number of piperidine rings is 1. The fraction of sp³-hybridized carbons (Fsp3) is 0.632. The maximum Gasteiger partial charge on any atom is 0.407 e. The Balaban J connectivity index is 1.51. The number of nitrogens with zero attached hydrogens (tertiary/aromatic N) is 3. The van der Waals surface area contributed by atoms with Crippen LogP contribution < -0.4 is 15.4 Å². The lowest BCUT2D eigenvalue weighted by molar-refractivity contribution is 0.0957. The lowest BCUT2D eigenvalue weighted by atomic mass is 9.95. The molecule has 0 bridgehead atoms. The number of aryl methyl sites for hydroxylation is 1. The van der Waals surface area contributed by atoms with E-state index < -0.39 is 6.09 Å². The molecule has 7 heteroatoms. The maximum absolute atomic E-state index is 11.0. The van der Waals surface area contributed by atoms with Crippen LogP contribution in [0.2, 0.25) is 0 Å². The molecule has 2 aliphatic heterocycles. The molecule has 0 aromatic heterocycles. The van der Waals surface area contributed by atoms with Gasteiger partial charge in [0.25, 0.3) is 0 Å². The van der Waals surface area contributed by atoms with Gasteiger partial charge in [-0.3, -0.25) is 4.90 Å². The third-order valence-corrected chi connectivity index (χ3v) is 5.66. The van der Waals surface area contributed by atoms with E-state index in [9.17, 15) is 4.79 Å². The standard InChI is InChI=1S/C19H30N4O3/c1-14-11-16(20)18(26-2)12-17(14)22-5-3-15(4-6-22)13-21-7-9-23(10-8-21)19(24)25/h11-12,15H,3-10,13,20H2,1-2H3,(H,24,25). The molecule has 2 aliphatic rings. The number of benzene rings is 1. The summed E-state index contributed by atoms with van der Waals surface area (Å²) in [5.74, 6) is 1.42. The van der Waals surface area contributed by atoms with E-state index in [0.717, 1.165) is 51.3 Å². The van der Waals surface area contributed by atoms with E-state index in [1.165, 1.54) is 16.2 Å². The van der Waals surface area contributed by atoms with Gasteiger partial charge in [0.05, 0.1) is 12.8 Å². The van der Waals surface area contributed by atoms with Crippen molar-refractivity contribution in [1.82, 2.24) is 9.80 Å². The van der Waals surface area contributed by atoms with E-state index in [1.807, 2.05) is 6.07 Å². The summed E-state index contributed by atoms with van der Waals surface area (Å²) in [6.07, 6.45) is 1.52. The highest BCUT2D eigenvalue weighted by molar-refractivity contribution is 5.67. The Bertz CT molecular complexity index is 636. The molecule has 3 N–H and O–H groups in total. The smallest absolute Gasteiger partial charge is 0.407 e. The molecule has 2 fully saturated rings. The van der Waals surface area contributed by atoms with Crippen LogP contribution in [-0.4, -0.2) is 73.9 Å². The zero-order valence-corrected chi connectivity index (χ0v) is 15.8. The second kappa shape index (κ2) is 8.03. The summed E-state index contributed by atoms with van der Waals surface area (Å²) >= 11 is 0. The van der Waals surface area contributed by atoms with Crippen molar-refractivity contribution in [2.24, 2.45) is 5.92 Å². The number of hydrogen-bond acceptors (Lipinski definition) is 5. The quantitative estimate of drug-likeness (QED) is 0.798. The number of methoxy groups -OCH3 is 1. The average Bonchev–Trinajstić information content (AvgIpc) is 2.63. The normalized spacial score (nSPS) is 19.6. The van der Waals surface area contributed by atoms with Crippen LogP contribution in [0, 0.1) is 12.8 Å². The van der Waals surface area contributed by atoms with Crippen molar-refractivity contribution in [2.75, 3.05) is 63.6 Å². The summed E-state index contributed by atoms with van der Waals surface area (Å²) in [5, 5.41) is 9.05. The minimum Gasteiger partial charge on any atom is -0.495 e. The van der Waals surface area contributed by atoms with Crippen LogP contribution in [0.25, 0.3) is 0 Å². The molecule has 0 atom stereocenters. The molecule has 2 saturated heterocycles. The molecule has 1 aromatic carbocycles. The molecular weight excluding hydrogens is 332 g/mol. The highest BCUT2D eigenvalue weighted by Gasteiger charge is 2.26. The Morgan fingerprint density at radius 1 is 1.19 bits per heavy atom. The predicted octanol–water partition coefficient (Wildman–Crippen LogP) is 2.10. The number of carbonyl (C=O) groups is 1. The van der Waals surface area contributed by atoms with Crippen molar-refractivity contribution in [3.05, 3.63) is 17.7 Å². The van der Waals surface area contributed by atoms with Crippen LogP contribution in [0.1, 0.15) is 18.4 Å². The number of nitrogen functional groups attached to an aromatic ring is 1. The highest BCUT2D eigenvalue weighted by atomic mass is 16.5. The van der Waals surface area contributed by atoms with Gasteiger partial charge in [0, 0.05) is 57.6 Å². The number of piperazine rings is 1. The number of anilines is 2. The fourth-order valence-corrected chi connectivity index (χ4v) is 4.06. The van der Waals surface area contributed by atoms with Crippen molar-refractivity contribution >= 4 is 17.5 Å². The Morgan fingerprint density at radius 3 is 2.42 bits per heavy atom. The largest absolute Gasteiger partial charge is 0.495 e. The Hall–Kier alpha value is -2.15. The minimum atomic E-state index is -0.799. The first-order valence-corrected chi connectivity index (χ1v) is 9.37. The number of ether oxygens (including phenoxy) is 1. The number of amides is 1. The molecule has 3 rings (SSSR count). The van der Waals surface area contributed by atoms with Gasteiger partial charge in [-0.25, -0.2) is 4.79 Å². The summed E-state index contributed by atoms with van der Waals surface area (Å²) in [4.78, 5) is 17.4. The highest BCUT2D eigenvalue weighted by Crippen LogP contribution is 2.33. The molecule has 0 aliphatic carbocycles. The maximum atomic E-state index is 11.0. The van der Waals surface area contributed by atoms with Gasteiger partial charge in [0.15, 0.2) is 0 Å². The van der Waals surface area contributed by atoms with Crippen LogP contribution in [0.5, 0.6) is 5.75 Å². The lowest BCUT2D eigenvalue weighted by Crippen LogP contribution is -2.50. The first-order valence-electron chi connectivity index (χ1n) is 9.37. The van der Waals surface area contributed by atoms with Crippen LogP contribution in [0.15, 0.2) is 12.1 Å². The number of nitrogens with two attached hydrogens (primary N) is 1. The summed E-state index contributed by atoms with van der Waals surface area (Å²) < 4.78 is 5.37. The second-order valence-corrected chi connectivity index (χ2v) is 7.38. The van der Waals surface area contributed by atoms with Crippen LogP contribution >= 0.6 is 0 Å². The molecule has 1 aromatic rings. The topological polar surface area (TPSA) is 82.3 Å². The predicted molar refractivity (Wildman–Crippen MR) is 103 cm³/mol. The molecule has 0 unspecified atom stereocenters. The van der Waals surface area contributed by atoms with Crippen LogP contribution in [-0.2, 0) is 0 Å². The second-order valence-electron chi connectivity index (χ2n) is 7.38. The summed E-state index contributed by atoms with van der Waals surface area (Å²) in [6, 6.07) is 4.04. The van der Waals surface area contributed by atoms with E-state index in [1.54, 1.807) is 7.11 Å². The van der Waals surface area contributed by atoms with Gasteiger partial charge in [-0.1, -0.05) is 0 Å². The van der Waals surface area contributed by atoms with Gasteiger partial charge < -0.3 is 25.4 Å². The monoisotopic (exact) mass is 362 g/mol. The van der Waals surface area contributed by atoms with Crippen LogP contribution in [0.4, 0.5) is 16.2 Å². The van der Waals surface area contributed by atoms with Crippen molar-refractivity contribution in [3.8, 4) is 5.75 Å². The summed E-state index contributed by atoms with van der Waals surface area (Å²) in [7, 11) is 1.65. The zero-order valence-electron chi connectivity index (χ0n) is 15.8. The van der Waals surface area contributed by atoms with Crippen LogP contribution in [0.3, 0.4) is 0 Å². The SMILES string of the molecule is COc1cc(N2CCC(CN3CCN(C(=O)O)CC3)CC2)c(C)cc1N. The number of rotatable bonds is 4. The first-order chi connectivity index (χ1) is 12.5. The average molecular weight is 362 g/mol. The Labute approximate surface area is 155 Å². The molecule has 7 nitrogen and oxygen atoms in total. The molecule has 0 saturated carbocycles. The van der Waals surface area contributed by atoms with Crippen molar-refractivity contribution in [3.63, 3.8) is 0 Å². The summed E-state index contributed by atoms with van der Waals surface area (Å²) in [6.45, 7) is 8.19. The van der Waals surface area contributed by atoms with Gasteiger partial charge in [0.1, 0.15) is 5.75 Å². The molecule has 26 heavy (non-hydrogen) atoms. The van der Waals surface area contributed by atoms with Gasteiger partial charge >= 0.3 is 6.09 Å². The number of carboxylic acid groups (broad SMARTS) is 1. The van der Waals surface area contributed by atoms with Gasteiger partial charge in [-0.05, 0) is 37.3 Å². The summed E-state index contributed by atoms with van der Waals surface area (Å²) in [5.41, 5.74) is 9.08. The van der Waals surface area contributed by atoms with Gasteiger partial charge in [0.2, 0.25) is 0 Å². The van der Waals surface area contributed by atoms with Crippen molar-refractivity contribution in [2.45, 2.75) is 19.8 Å². The van der Waals surface area contributed by atoms with E-state index in [0.29, 0.717) is 24.7 Å². The van der Waals surface area contributed by atoms with E-state index in [2.05, 4.69) is 22.8 Å². The third kappa shape index (κ3) is 4.15. The molecule has 2 heterocycles. The zero-order chi connectivity index (χ0) is 18.7. The van der Waals surface area contributed by atoms with Crippen molar-refractivity contribution < 1.29 is 14.6 Å². The molecule has 1 amide bonds. The Morgan fingerprint density at radius 2 is 1.85 bits per heavy atom. The lowest BCUT2D eigenvalue weighted by Gasteiger charge is -2.39. The molecule has 0 radical (unpaired) electrons.